The lowest BCUT2D eigenvalue weighted by molar-refractivity contribution is -0.167. The summed E-state index contributed by atoms with van der Waals surface area (Å²) >= 11 is 0. The van der Waals surface area contributed by atoms with Crippen molar-refractivity contribution in [3.63, 3.8) is 0 Å². The number of carbonyl (C=O) groups excluding carboxylic acids is 3. The molecule has 1 atom stereocenters. The zero-order valence-corrected chi connectivity index (χ0v) is 40.8. The van der Waals surface area contributed by atoms with Crippen molar-refractivity contribution in [3.8, 4) is 0 Å². The molecule has 0 aromatic heterocycles. The van der Waals surface area contributed by atoms with Gasteiger partial charge >= 0.3 is 17.9 Å². The van der Waals surface area contributed by atoms with Gasteiger partial charge in [0.15, 0.2) is 6.10 Å². The molecule has 0 saturated carbocycles. The van der Waals surface area contributed by atoms with Crippen molar-refractivity contribution in [2.75, 3.05) is 13.2 Å². The third-order valence-corrected chi connectivity index (χ3v) is 10.7. The first-order chi connectivity index (χ1) is 31.0. The first-order valence-corrected chi connectivity index (χ1v) is 25.8. The molecule has 0 fully saturated rings. The monoisotopic (exact) mass is 875 g/mol. The molecule has 358 valence electrons. The second-order valence-electron chi connectivity index (χ2n) is 16.8. The highest BCUT2D eigenvalue weighted by Crippen LogP contribution is 2.15. The number of ether oxygens (including phenoxy) is 3. The van der Waals surface area contributed by atoms with Crippen molar-refractivity contribution < 1.29 is 28.6 Å². The molecule has 0 aromatic carbocycles. The van der Waals surface area contributed by atoms with Gasteiger partial charge in [0, 0.05) is 19.3 Å². The Morgan fingerprint density at radius 2 is 0.714 bits per heavy atom. The predicted octanol–water partition coefficient (Wildman–Crippen LogP) is 17.0. The van der Waals surface area contributed by atoms with Gasteiger partial charge in [-0.1, -0.05) is 240 Å². The maximum atomic E-state index is 12.7. The Morgan fingerprint density at radius 1 is 0.349 bits per heavy atom. The summed E-state index contributed by atoms with van der Waals surface area (Å²) in [4.78, 5) is 37.9. The van der Waals surface area contributed by atoms with E-state index in [1.807, 2.05) is 54.7 Å². The lowest BCUT2D eigenvalue weighted by Gasteiger charge is -2.18. The Labute approximate surface area is 387 Å². The molecule has 0 heterocycles. The summed E-state index contributed by atoms with van der Waals surface area (Å²) in [5.41, 5.74) is 0. The summed E-state index contributed by atoms with van der Waals surface area (Å²) in [5.74, 6) is -0.989. The Kier molecular flexibility index (Phi) is 48.0. The van der Waals surface area contributed by atoms with Crippen LogP contribution in [0.5, 0.6) is 0 Å². The van der Waals surface area contributed by atoms with Crippen molar-refractivity contribution in [2.24, 2.45) is 0 Å². The number of allylic oxidation sites excluding steroid dienone is 16. The van der Waals surface area contributed by atoms with Crippen LogP contribution in [0.2, 0.25) is 0 Å². The highest BCUT2D eigenvalue weighted by atomic mass is 16.6. The molecular weight excluding hydrogens is 781 g/mol. The van der Waals surface area contributed by atoms with Gasteiger partial charge in [0.2, 0.25) is 0 Å². The van der Waals surface area contributed by atoms with Gasteiger partial charge < -0.3 is 14.2 Å². The predicted molar refractivity (Wildman–Crippen MR) is 270 cm³/mol. The van der Waals surface area contributed by atoms with E-state index in [0.717, 1.165) is 70.6 Å². The summed E-state index contributed by atoms with van der Waals surface area (Å²) in [5, 5.41) is 0. The number of hydrogen-bond donors (Lipinski definition) is 0. The van der Waals surface area contributed by atoms with Gasteiger partial charge in [-0.2, -0.15) is 0 Å². The number of hydrogen-bond acceptors (Lipinski definition) is 6. The summed E-state index contributed by atoms with van der Waals surface area (Å²) < 4.78 is 16.7. The van der Waals surface area contributed by atoms with Gasteiger partial charge in [0.05, 0.1) is 0 Å². The van der Waals surface area contributed by atoms with E-state index in [0.29, 0.717) is 19.3 Å². The van der Waals surface area contributed by atoms with Crippen molar-refractivity contribution in [3.05, 3.63) is 97.2 Å². The van der Waals surface area contributed by atoms with Crippen LogP contribution in [0.25, 0.3) is 0 Å². The van der Waals surface area contributed by atoms with Gasteiger partial charge in [0.1, 0.15) is 13.2 Å². The molecule has 63 heavy (non-hydrogen) atoms. The topological polar surface area (TPSA) is 78.9 Å². The average molecular weight is 875 g/mol. The van der Waals surface area contributed by atoms with Crippen LogP contribution in [0, 0.1) is 0 Å². The maximum absolute atomic E-state index is 12.7. The zero-order valence-electron chi connectivity index (χ0n) is 40.8. The standard InChI is InChI=1S/C57H94O6/c1-4-7-10-13-16-19-22-25-26-27-28-29-30-33-35-38-41-44-47-50-56(59)62-53-54(63-57(60)51-48-45-42-39-36-32-24-21-18-15-12-9-6-3)52-61-55(58)49-46-43-40-37-34-31-23-20-17-14-11-8-5-2/h7,9-10,12,15-16,18-19,21,24-26,32,36,39,42,54H,4-6,8,11,13-14,17,20,22-23,27-31,33-35,37-38,40-41,43-53H2,1-3H3/b10-7+,12-9+,18-15+,19-16+,24-21+,26-25+,36-32+,42-39+. The van der Waals surface area contributed by atoms with E-state index in [9.17, 15) is 14.4 Å². The maximum Gasteiger partial charge on any atom is 0.306 e. The highest BCUT2D eigenvalue weighted by Gasteiger charge is 2.19. The minimum Gasteiger partial charge on any atom is -0.462 e. The minimum atomic E-state index is -0.815. The minimum absolute atomic E-state index is 0.107. The molecule has 0 amide bonds. The first kappa shape index (κ1) is 59.3. The normalized spacial score (nSPS) is 12.9. The van der Waals surface area contributed by atoms with Crippen molar-refractivity contribution in [1.29, 1.82) is 0 Å². The van der Waals surface area contributed by atoms with Crippen molar-refractivity contribution in [1.82, 2.24) is 0 Å². The van der Waals surface area contributed by atoms with Crippen LogP contribution in [0.3, 0.4) is 0 Å². The number of esters is 3. The van der Waals surface area contributed by atoms with Crippen LogP contribution < -0.4 is 0 Å². The molecule has 0 aliphatic heterocycles. The number of carbonyl (C=O) groups is 3. The van der Waals surface area contributed by atoms with E-state index >= 15 is 0 Å². The molecule has 6 nitrogen and oxygen atoms in total. The molecule has 0 rings (SSSR count). The molecule has 0 aliphatic carbocycles. The second-order valence-corrected chi connectivity index (χ2v) is 16.8. The van der Waals surface area contributed by atoms with Gasteiger partial charge in [-0.15, -0.1) is 0 Å². The highest BCUT2D eigenvalue weighted by molar-refractivity contribution is 5.71. The van der Waals surface area contributed by atoms with E-state index in [1.54, 1.807) is 0 Å². The van der Waals surface area contributed by atoms with Crippen LogP contribution in [-0.2, 0) is 28.6 Å². The zero-order chi connectivity index (χ0) is 45.8. The van der Waals surface area contributed by atoms with Crippen LogP contribution in [0.15, 0.2) is 97.2 Å². The molecule has 6 heteroatoms. The fourth-order valence-electron chi connectivity index (χ4n) is 6.90. The van der Waals surface area contributed by atoms with Gasteiger partial charge in [0.25, 0.3) is 0 Å². The first-order valence-electron chi connectivity index (χ1n) is 25.8. The van der Waals surface area contributed by atoms with Gasteiger partial charge in [-0.3, -0.25) is 14.4 Å². The molecule has 0 N–H and O–H groups in total. The lowest BCUT2D eigenvalue weighted by atomic mass is 10.0. The van der Waals surface area contributed by atoms with Crippen LogP contribution in [-0.4, -0.2) is 37.2 Å². The molecule has 0 saturated heterocycles. The molecule has 0 spiro atoms. The van der Waals surface area contributed by atoms with Crippen LogP contribution >= 0.6 is 0 Å². The quantitative estimate of drug-likeness (QED) is 0.0199. The summed E-state index contributed by atoms with van der Waals surface area (Å²) in [7, 11) is 0. The average Bonchev–Trinajstić information content (AvgIpc) is 3.28. The van der Waals surface area contributed by atoms with Gasteiger partial charge in [-0.05, 0) is 64.2 Å². The van der Waals surface area contributed by atoms with Gasteiger partial charge in [-0.25, -0.2) is 0 Å². The van der Waals surface area contributed by atoms with E-state index in [1.165, 1.54) is 109 Å². The fraction of sp³-hybridized carbons (Fsp3) is 0.667. The fourth-order valence-corrected chi connectivity index (χ4v) is 6.90. The van der Waals surface area contributed by atoms with Crippen LogP contribution in [0.4, 0.5) is 0 Å². The molecular formula is C57H94O6. The SMILES string of the molecule is CC/C=C/C=C/C=C/C=C/C=C/CCCC(=O)OC(COC(=O)CCCCCCCCCCC/C=C/C/C=C/C/C=C/CC)COC(=O)CCCCCCCCCCCCCCC. The Morgan fingerprint density at radius 3 is 1.19 bits per heavy atom. The summed E-state index contributed by atoms with van der Waals surface area (Å²) in [6.07, 6.45) is 66.9. The lowest BCUT2D eigenvalue weighted by Crippen LogP contribution is -2.30. The third-order valence-electron chi connectivity index (χ3n) is 10.7. The Hall–Kier alpha value is -3.67. The molecule has 0 aromatic rings. The van der Waals surface area contributed by atoms with Crippen LogP contribution in [0.1, 0.15) is 226 Å². The molecule has 0 bridgehead atoms. The third kappa shape index (κ3) is 49.2. The van der Waals surface area contributed by atoms with Crippen molar-refractivity contribution >= 4 is 17.9 Å². The molecule has 0 radical (unpaired) electrons. The summed E-state index contributed by atoms with van der Waals surface area (Å²) in [6.45, 7) is 6.31. The number of rotatable bonds is 45. The van der Waals surface area contributed by atoms with E-state index in [-0.39, 0.29) is 37.5 Å². The molecule has 1 unspecified atom stereocenters. The summed E-state index contributed by atoms with van der Waals surface area (Å²) in [6, 6.07) is 0. The second kappa shape index (κ2) is 51.0. The van der Waals surface area contributed by atoms with E-state index in [2.05, 4.69) is 63.3 Å². The Bertz CT molecular complexity index is 1280. The van der Waals surface area contributed by atoms with E-state index in [4.69, 9.17) is 14.2 Å². The van der Waals surface area contributed by atoms with Crippen molar-refractivity contribution in [2.45, 2.75) is 232 Å². The largest absolute Gasteiger partial charge is 0.462 e. The smallest absolute Gasteiger partial charge is 0.306 e. The number of unbranched alkanes of at least 4 members (excludes halogenated alkanes) is 22. The van der Waals surface area contributed by atoms with E-state index < -0.39 is 6.10 Å². The Balaban J connectivity index is 4.44. The molecule has 0 aliphatic rings.